The fraction of sp³-hybridized carbons (Fsp3) is 0.333. The van der Waals surface area contributed by atoms with Gasteiger partial charge in [-0.05, 0) is 34.2 Å². The minimum Gasteiger partial charge on any atom is -0.495 e. The van der Waals surface area contributed by atoms with Gasteiger partial charge in [0.25, 0.3) is 0 Å². The second-order valence-electron chi connectivity index (χ2n) is 6.21. The van der Waals surface area contributed by atoms with E-state index in [2.05, 4.69) is 39.0 Å². The van der Waals surface area contributed by atoms with Gasteiger partial charge in [-0.3, -0.25) is 0 Å². The molecule has 0 aliphatic carbocycles. The summed E-state index contributed by atoms with van der Waals surface area (Å²) in [7, 11) is 1.61. The van der Waals surface area contributed by atoms with E-state index in [1.807, 2.05) is 24.3 Å². The minimum atomic E-state index is -0.205. The number of hydrogen-bond donors (Lipinski definition) is 1. The van der Waals surface area contributed by atoms with Crippen LogP contribution in [0.1, 0.15) is 43.5 Å². The second kappa shape index (κ2) is 6.08. The summed E-state index contributed by atoms with van der Waals surface area (Å²) in [6, 6.07) is 13.8. The molecule has 0 amide bonds. The molecule has 0 saturated carbocycles. The van der Waals surface area contributed by atoms with Crippen molar-refractivity contribution in [2.24, 2.45) is 5.73 Å². The van der Waals surface area contributed by atoms with Crippen LogP contribution in [0.2, 0.25) is 5.02 Å². The van der Waals surface area contributed by atoms with Gasteiger partial charge < -0.3 is 10.5 Å². The zero-order valence-electron chi connectivity index (χ0n) is 13.0. The van der Waals surface area contributed by atoms with Crippen LogP contribution in [0.3, 0.4) is 0 Å². The Kier molecular flexibility index (Phi) is 4.60. The molecule has 0 saturated heterocycles. The number of ether oxygens (including phenoxy) is 1. The summed E-state index contributed by atoms with van der Waals surface area (Å²) in [5.74, 6) is 0.664. The molecular formula is C18H22ClNO. The molecule has 112 valence electrons. The minimum absolute atomic E-state index is 0.0461. The quantitative estimate of drug-likeness (QED) is 0.892. The van der Waals surface area contributed by atoms with E-state index in [0.717, 1.165) is 11.1 Å². The molecule has 0 aromatic heterocycles. The van der Waals surface area contributed by atoms with Crippen LogP contribution in [0, 0.1) is 0 Å². The molecule has 1 unspecified atom stereocenters. The van der Waals surface area contributed by atoms with Gasteiger partial charge in [-0.2, -0.15) is 0 Å². The highest BCUT2D eigenvalue weighted by molar-refractivity contribution is 6.32. The third kappa shape index (κ3) is 3.39. The van der Waals surface area contributed by atoms with E-state index in [1.165, 1.54) is 5.56 Å². The Labute approximate surface area is 131 Å². The summed E-state index contributed by atoms with van der Waals surface area (Å²) in [6.07, 6.45) is 0. The highest BCUT2D eigenvalue weighted by Gasteiger charge is 2.21. The highest BCUT2D eigenvalue weighted by Crippen LogP contribution is 2.34. The van der Waals surface area contributed by atoms with Crippen molar-refractivity contribution in [1.82, 2.24) is 0 Å². The molecule has 2 nitrogen and oxygen atoms in total. The molecule has 2 rings (SSSR count). The molecule has 0 radical (unpaired) electrons. The first kappa shape index (κ1) is 15.9. The third-order valence-corrected chi connectivity index (χ3v) is 3.93. The van der Waals surface area contributed by atoms with Gasteiger partial charge in [-0.25, -0.2) is 0 Å². The molecule has 0 aliphatic rings. The zero-order valence-corrected chi connectivity index (χ0v) is 13.7. The maximum absolute atomic E-state index is 6.47. The van der Waals surface area contributed by atoms with Crippen molar-refractivity contribution in [2.45, 2.75) is 32.2 Å². The Bertz CT molecular complexity index is 631. The van der Waals surface area contributed by atoms with Gasteiger partial charge in [0.05, 0.1) is 18.2 Å². The molecule has 21 heavy (non-hydrogen) atoms. The van der Waals surface area contributed by atoms with Crippen LogP contribution < -0.4 is 10.5 Å². The van der Waals surface area contributed by atoms with E-state index in [1.54, 1.807) is 7.11 Å². The van der Waals surface area contributed by atoms with Gasteiger partial charge in [0.15, 0.2) is 0 Å². The summed E-state index contributed by atoms with van der Waals surface area (Å²) >= 11 is 6.21. The maximum atomic E-state index is 6.47. The largest absolute Gasteiger partial charge is 0.495 e. The smallest absolute Gasteiger partial charge is 0.137 e. The number of halogens is 1. The molecule has 0 bridgehead atoms. The normalized spacial score (nSPS) is 13.0. The Balaban J connectivity index is 2.45. The van der Waals surface area contributed by atoms with E-state index in [-0.39, 0.29) is 11.5 Å². The molecule has 2 N–H and O–H groups in total. The van der Waals surface area contributed by atoms with E-state index < -0.39 is 0 Å². The fourth-order valence-electron chi connectivity index (χ4n) is 2.51. The van der Waals surface area contributed by atoms with Crippen LogP contribution >= 0.6 is 11.6 Å². The first-order valence-electron chi connectivity index (χ1n) is 7.03. The standard InChI is InChI=1S/C18H22ClNO/c1-18(2,3)14-8-6-5-7-13(14)17(20)12-9-10-16(21-4)15(19)11-12/h5-11,17H,20H2,1-4H3. The Morgan fingerprint density at radius 1 is 1.10 bits per heavy atom. The number of nitrogens with two attached hydrogens (primary N) is 1. The van der Waals surface area contributed by atoms with E-state index in [0.29, 0.717) is 10.8 Å². The molecule has 0 aliphatic heterocycles. The van der Waals surface area contributed by atoms with Gasteiger partial charge in [-0.1, -0.05) is 62.7 Å². The zero-order chi connectivity index (χ0) is 15.6. The molecule has 0 spiro atoms. The summed E-state index contributed by atoms with van der Waals surface area (Å²) in [4.78, 5) is 0. The lowest BCUT2D eigenvalue weighted by Gasteiger charge is -2.26. The van der Waals surface area contributed by atoms with Crippen molar-refractivity contribution in [3.63, 3.8) is 0 Å². The van der Waals surface area contributed by atoms with Crippen LogP contribution in [0.5, 0.6) is 5.75 Å². The monoisotopic (exact) mass is 303 g/mol. The lowest BCUT2D eigenvalue weighted by molar-refractivity contribution is 0.415. The van der Waals surface area contributed by atoms with Crippen LogP contribution in [0.25, 0.3) is 0 Å². The maximum Gasteiger partial charge on any atom is 0.137 e. The van der Waals surface area contributed by atoms with Crippen molar-refractivity contribution < 1.29 is 4.74 Å². The molecule has 2 aromatic carbocycles. The predicted octanol–water partition coefficient (Wildman–Crippen LogP) is 4.69. The third-order valence-electron chi connectivity index (χ3n) is 3.64. The van der Waals surface area contributed by atoms with Gasteiger partial charge >= 0.3 is 0 Å². The Morgan fingerprint density at radius 3 is 2.33 bits per heavy atom. The number of methoxy groups -OCH3 is 1. The first-order valence-corrected chi connectivity index (χ1v) is 7.41. The van der Waals surface area contributed by atoms with Crippen LogP contribution in [0.15, 0.2) is 42.5 Å². The van der Waals surface area contributed by atoms with Crippen LogP contribution in [-0.2, 0) is 5.41 Å². The lowest BCUT2D eigenvalue weighted by atomic mass is 9.81. The van der Waals surface area contributed by atoms with Gasteiger partial charge in [0.1, 0.15) is 5.75 Å². The summed E-state index contributed by atoms with van der Waals surface area (Å²) in [6.45, 7) is 6.58. The van der Waals surface area contributed by atoms with Crippen LogP contribution in [-0.4, -0.2) is 7.11 Å². The molecular weight excluding hydrogens is 282 g/mol. The molecule has 2 aromatic rings. The fourth-order valence-corrected chi connectivity index (χ4v) is 2.77. The average Bonchev–Trinajstić information content (AvgIpc) is 2.45. The topological polar surface area (TPSA) is 35.2 Å². The summed E-state index contributed by atoms with van der Waals surface area (Å²) in [5, 5.41) is 0.582. The Hall–Kier alpha value is -1.51. The van der Waals surface area contributed by atoms with Crippen molar-refractivity contribution in [3.05, 3.63) is 64.2 Å². The molecule has 0 fully saturated rings. The SMILES string of the molecule is COc1ccc(C(N)c2ccccc2C(C)(C)C)cc1Cl. The molecule has 1 atom stereocenters. The first-order chi connectivity index (χ1) is 9.84. The van der Waals surface area contributed by atoms with E-state index in [9.17, 15) is 0 Å². The predicted molar refractivity (Wildman–Crippen MR) is 89.2 cm³/mol. The molecule has 3 heteroatoms. The van der Waals surface area contributed by atoms with Gasteiger partial charge in [0.2, 0.25) is 0 Å². The van der Waals surface area contributed by atoms with Gasteiger partial charge in [-0.15, -0.1) is 0 Å². The van der Waals surface area contributed by atoms with Crippen molar-refractivity contribution >= 4 is 11.6 Å². The van der Waals surface area contributed by atoms with E-state index in [4.69, 9.17) is 22.1 Å². The number of hydrogen-bond acceptors (Lipinski definition) is 2. The number of benzene rings is 2. The van der Waals surface area contributed by atoms with Crippen molar-refractivity contribution in [3.8, 4) is 5.75 Å². The van der Waals surface area contributed by atoms with Crippen molar-refractivity contribution in [2.75, 3.05) is 7.11 Å². The lowest BCUT2D eigenvalue weighted by Crippen LogP contribution is -2.20. The number of rotatable bonds is 3. The van der Waals surface area contributed by atoms with Gasteiger partial charge in [0, 0.05) is 0 Å². The van der Waals surface area contributed by atoms with Crippen LogP contribution in [0.4, 0.5) is 0 Å². The average molecular weight is 304 g/mol. The van der Waals surface area contributed by atoms with E-state index >= 15 is 0 Å². The molecule has 0 heterocycles. The van der Waals surface area contributed by atoms with Crippen molar-refractivity contribution in [1.29, 1.82) is 0 Å². The highest BCUT2D eigenvalue weighted by atomic mass is 35.5. The second-order valence-corrected chi connectivity index (χ2v) is 6.62. The summed E-state index contributed by atoms with van der Waals surface area (Å²) < 4.78 is 5.19. The Morgan fingerprint density at radius 2 is 1.76 bits per heavy atom. The summed E-state index contributed by atoms with van der Waals surface area (Å²) in [5.41, 5.74) is 9.89.